The van der Waals surface area contributed by atoms with E-state index in [9.17, 15) is 9.59 Å². The predicted octanol–water partition coefficient (Wildman–Crippen LogP) is 3.47. The van der Waals surface area contributed by atoms with Gasteiger partial charge in [0, 0.05) is 16.7 Å². The van der Waals surface area contributed by atoms with Crippen LogP contribution in [0.3, 0.4) is 0 Å². The lowest BCUT2D eigenvalue weighted by Gasteiger charge is -2.33. The fourth-order valence-corrected chi connectivity index (χ4v) is 2.60. The standard InChI is InChI=1S/C16H21BrN2O3/c1-16(2,3)22-15(21)18-13-5-4-10-19(14(13)20)12-8-6-11(17)7-9-12/h6-9,13H,4-5,10H2,1-3H3,(H,18,21)/t13-/m1/s1. The summed E-state index contributed by atoms with van der Waals surface area (Å²) in [7, 11) is 0. The van der Waals surface area contributed by atoms with Gasteiger partial charge in [-0.05, 0) is 57.9 Å². The third-order valence-corrected chi connectivity index (χ3v) is 3.80. The maximum Gasteiger partial charge on any atom is 0.408 e. The molecular formula is C16H21BrN2O3. The van der Waals surface area contributed by atoms with Gasteiger partial charge in [0.15, 0.2) is 0 Å². The van der Waals surface area contributed by atoms with E-state index in [1.165, 1.54) is 0 Å². The molecule has 120 valence electrons. The molecule has 1 fully saturated rings. The molecule has 0 saturated carbocycles. The Balaban J connectivity index is 2.04. The second kappa shape index (κ2) is 6.69. The van der Waals surface area contributed by atoms with Crippen molar-refractivity contribution in [3.63, 3.8) is 0 Å². The highest BCUT2D eigenvalue weighted by Crippen LogP contribution is 2.23. The monoisotopic (exact) mass is 368 g/mol. The number of amides is 2. The molecule has 22 heavy (non-hydrogen) atoms. The van der Waals surface area contributed by atoms with Gasteiger partial charge in [-0.2, -0.15) is 0 Å². The predicted molar refractivity (Wildman–Crippen MR) is 88.9 cm³/mol. The molecule has 0 radical (unpaired) electrons. The number of anilines is 1. The lowest BCUT2D eigenvalue weighted by Crippen LogP contribution is -2.53. The molecule has 0 aliphatic carbocycles. The Morgan fingerprint density at radius 1 is 1.32 bits per heavy atom. The van der Waals surface area contributed by atoms with Gasteiger partial charge in [-0.1, -0.05) is 15.9 Å². The normalized spacial score (nSPS) is 19.0. The maximum absolute atomic E-state index is 12.6. The number of benzene rings is 1. The fraction of sp³-hybridized carbons (Fsp3) is 0.500. The van der Waals surface area contributed by atoms with Crippen molar-refractivity contribution < 1.29 is 14.3 Å². The van der Waals surface area contributed by atoms with Crippen molar-refractivity contribution in [3.8, 4) is 0 Å². The zero-order valence-electron chi connectivity index (χ0n) is 13.1. The van der Waals surface area contributed by atoms with Crippen molar-refractivity contribution in [2.45, 2.75) is 45.3 Å². The molecule has 1 atom stereocenters. The Morgan fingerprint density at radius 2 is 1.95 bits per heavy atom. The zero-order valence-corrected chi connectivity index (χ0v) is 14.6. The van der Waals surface area contributed by atoms with Crippen LogP contribution in [0, 0.1) is 0 Å². The maximum atomic E-state index is 12.6. The summed E-state index contributed by atoms with van der Waals surface area (Å²) in [5, 5.41) is 2.67. The molecule has 2 amide bonds. The summed E-state index contributed by atoms with van der Waals surface area (Å²) in [5.74, 6) is -0.0977. The first-order valence-electron chi connectivity index (χ1n) is 7.33. The number of nitrogens with zero attached hydrogens (tertiary/aromatic N) is 1. The van der Waals surface area contributed by atoms with Crippen molar-refractivity contribution in [3.05, 3.63) is 28.7 Å². The average molecular weight is 369 g/mol. The number of halogens is 1. The Labute approximate surface area is 139 Å². The number of hydrogen-bond acceptors (Lipinski definition) is 3. The van der Waals surface area contributed by atoms with Crippen molar-refractivity contribution in [2.24, 2.45) is 0 Å². The summed E-state index contributed by atoms with van der Waals surface area (Å²) in [6.45, 7) is 6.04. The van der Waals surface area contributed by atoms with Gasteiger partial charge in [0.2, 0.25) is 5.91 Å². The van der Waals surface area contributed by atoms with E-state index in [0.29, 0.717) is 13.0 Å². The fourth-order valence-electron chi connectivity index (χ4n) is 2.34. The van der Waals surface area contributed by atoms with E-state index in [0.717, 1.165) is 16.6 Å². The lowest BCUT2D eigenvalue weighted by atomic mass is 10.0. The summed E-state index contributed by atoms with van der Waals surface area (Å²) < 4.78 is 6.18. The van der Waals surface area contributed by atoms with Gasteiger partial charge in [0.25, 0.3) is 0 Å². The van der Waals surface area contributed by atoms with E-state index in [4.69, 9.17) is 4.74 Å². The van der Waals surface area contributed by atoms with Crippen molar-refractivity contribution in [2.75, 3.05) is 11.4 Å². The van der Waals surface area contributed by atoms with Gasteiger partial charge in [0.1, 0.15) is 11.6 Å². The van der Waals surface area contributed by atoms with Crippen LogP contribution in [0.5, 0.6) is 0 Å². The largest absolute Gasteiger partial charge is 0.444 e. The van der Waals surface area contributed by atoms with Gasteiger partial charge in [-0.3, -0.25) is 4.79 Å². The molecule has 1 heterocycles. The Morgan fingerprint density at radius 3 is 2.55 bits per heavy atom. The second-order valence-corrected chi connectivity index (χ2v) is 7.22. The first-order chi connectivity index (χ1) is 10.3. The van der Waals surface area contributed by atoms with Gasteiger partial charge >= 0.3 is 6.09 Å². The van der Waals surface area contributed by atoms with Crippen LogP contribution in [0.1, 0.15) is 33.6 Å². The molecule has 1 N–H and O–H groups in total. The molecule has 1 aromatic carbocycles. The van der Waals surface area contributed by atoms with Crippen LogP contribution < -0.4 is 10.2 Å². The number of carbonyl (C=O) groups is 2. The van der Waals surface area contributed by atoms with E-state index >= 15 is 0 Å². The molecule has 1 aromatic rings. The topological polar surface area (TPSA) is 58.6 Å². The van der Waals surface area contributed by atoms with Crippen molar-refractivity contribution in [1.29, 1.82) is 0 Å². The number of ether oxygens (including phenoxy) is 1. The number of nitrogens with one attached hydrogen (secondary N) is 1. The Kier molecular flexibility index (Phi) is 5.11. The lowest BCUT2D eigenvalue weighted by molar-refractivity contribution is -0.121. The molecule has 2 rings (SSSR count). The molecule has 0 spiro atoms. The van der Waals surface area contributed by atoms with Crippen LogP contribution >= 0.6 is 15.9 Å². The van der Waals surface area contributed by atoms with E-state index in [2.05, 4.69) is 21.2 Å². The SMILES string of the molecule is CC(C)(C)OC(=O)N[C@@H]1CCCN(c2ccc(Br)cc2)C1=O. The first kappa shape index (κ1) is 16.8. The minimum atomic E-state index is -0.576. The minimum Gasteiger partial charge on any atom is -0.444 e. The van der Waals surface area contributed by atoms with Crippen LogP contribution in [-0.4, -0.2) is 30.2 Å². The first-order valence-corrected chi connectivity index (χ1v) is 8.12. The minimum absolute atomic E-state index is 0.0977. The highest BCUT2D eigenvalue weighted by atomic mass is 79.9. The molecule has 1 aliphatic heterocycles. The number of rotatable bonds is 2. The number of hydrogen-bond donors (Lipinski definition) is 1. The van der Waals surface area contributed by atoms with Crippen LogP contribution in [0.15, 0.2) is 28.7 Å². The third-order valence-electron chi connectivity index (χ3n) is 3.27. The summed E-state index contributed by atoms with van der Waals surface area (Å²) in [5.41, 5.74) is 0.261. The van der Waals surface area contributed by atoms with Gasteiger partial charge < -0.3 is 15.0 Å². The quantitative estimate of drug-likeness (QED) is 0.869. The van der Waals surface area contributed by atoms with E-state index in [1.807, 2.05) is 24.3 Å². The van der Waals surface area contributed by atoms with E-state index in [1.54, 1.807) is 25.7 Å². The van der Waals surface area contributed by atoms with Crippen LogP contribution in [0.2, 0.25) is 0 Å². The molecular weight excluding hydrogens is 348 g/mol. The van der Waals surface area contributed by atoms with E-state index < -0.39 is 17.7 Å². The van der Waals surface area contributed by atoms with Crippen LogP contribution in [0.25, 0.3) is 0 Å². The summed E-state index contributed by atoms with van der Waals surface area (Å²) >= 11 is 3.38. The van der Waals surface area contributed by atoms with Crippen molar-refractivity contribution >= 4 is 33.6 Å². The summed E-state index contributed by atoms with van der Waals surface area (Å²) in [4.78, 5) is 26.1. The number of carbonyl (C=O) groups excluding carboxylic acids is 2. The summed E-state index contributed by atoms with van der Waals surface area (Å²) in [6, 6.07) is 7.03. The smallest absolute Gasteiger partial charge is 0.408 e. The number of piperidine rings is 1. The highest BCUT2D eigenvalue weighted by Gasteiger charge is 2.32. The van der Waals surface area contributed by atoms with Crippen molar-refractivity contribution in [1.82, 2.24) is 5.32 Å². The molecule has 0 bridgehead atoms. The zero-order chi connectivity index (χ0) is 16.3. The van der Waals surface area contributed by atoms with Gasteiger partial charge in [-0.25, -0.2) is 4.79 Å². The van der Waals surface area contributed by atoms with Crippen LogP contribution in [0.4, 0.5) is 10.5 Å². The second-order valence-electron chi connectivity index (χ2n) is 6.31. The average Bonchev–Trinajstić information content (AvgIpc) is 2.40. The van der Waals surface area contributed by atoms with Gasteiger partial charge in [-0.15, -0.1) is 0 Å². The molecule has 5 nitrogen and oxygen atoms in total. The molecule has 1 aliphatic rings. The molecule has 0 aromatic heterocycles. The molecule has 0 unspecified atom stereocenters. The van der Waals surface area contributed by atoms with E-state index in [-0.39, 0.29) is 5.91 Å². The Hall–Kier alpha value is -1.56. The number of alkyl carbamates (subject to hydrolysis) is 1. The molecule has 6 heteroatoms. The van der Waals surface area contributed by atoms with Gasteiger partial charge in [0.05, 0.1) is 0 Å². The van der Waals surface area contributed by atoms with Crippen LogP contribution in [-0.2, 0) is 9.53 Å². The summed E-state index contributed by atoms with van der Waals surface area (Å²) in [6.07, 6.45) is 0.913. The highest BCUT2D eigenvalue weighted by molar-refractivity contribution is 9.10. The third kappa shape index (κ3) is 4.47. The Bertz CT molecular complexity index is 552. The molecule has 1 saturated heterocycles.